The molecule has 5 heteroatoms. The lowest BCUT2D eigenvalue weighted by Crippen LogP contribution is -2.17. The summed E-state index contributed by atoms with van der Waals surface area (Å²) < 4.78 is 4.58. The zero-order valence-electron chi connectivity index (χ0n) is 11.4. The van der Waals surface area contributed by atoms with Crippen LogP contribution in [0, 0.1) is 0 Å². The van der Waals surface area contributed by atoms with E-state index in [1.165, 1.54) is 19.4 Å². The number of nitrogens with one attached hydrogen (secondary N) is 1. The Morgan fingerprint density at radius 3 is 2.50 bits per heavy atom. The van der Waals surface area contributed by atoms with Crippen LogP contribution in [0.3, 0.4) is 0 Å². The minimum Gasteiger partial charge on any atom is -0.465 e. The molecule has 0 bridgehead atoms. The summed E-state index contributed by atoms with van der Waals surface area (Å²) in [6.45, 7) is 2.47. The zero-order valence-corrected chi connectivity index (χ0v) is 12.1. The molecule has 0 aliphatic rings. The number of carbonyl (C=O) groups excluding carboxylic acids is 2. The minimum absolute atomic E-state index is 0.0421. The molecule has 0 radical (unpaired) electrons. The molecule has 106 valence electrons. The van der Waals surface area contributed by atoms with E-state index in [4.69, 9.17) is 11.6 Å². The maximum atomic E-state index is 12.0. The van der Waals surface area contributed by atoms with Crippen LogP contribution in [0.1, 0.15) is 12.5 Å². The lowest BCUT2D eigenvalue weighted by molar-refractivity contribution is -0.137. The number of halogens is 1. The summed E-state index contributed by atoms with van der Waals surface area (Å²) >= 11 is 5.77. The highest BCUT2D eigenvalue weighted by atomic mass is 35.5. The van der Waals surface area contributed by atoms with Crippen LogP contribution in [-0.4, -0.2) is 25.4 Å². The van der Waals surface area contributed by atoms with E-state index in [0.29, 0.717) is 11.6 Å². The van der Waals surface area contributed by atoms with E-state index in [2.05, 4.69) is 10.1 Å². The van der Waals surface area contributed by atoms with Gasteiger partial charge in [0.05, 0.1) is 7.11 Å². The summed E-state index contributed by atoms with van der Waals surface area (Å²) in [7, 11) is 1.23. The van der Waals surface area contributed by atoms with Crippen molar-refractivity contribution < 1.29 is 14.3 Å². The Bertz CT molecular complexity index is 533. The second-order valence-corrected chi connectivity index (χ2v) is 4.29. The smallest absolute Gasteiger partial charge is 0.343 e. The van der Waals surface area contributed by atoms with Crippen LogP contribution < -0.4 is 5.32 Å². The number of ether oxygens (including phenoxy) is 1. The minimum atomic E-state index is -0.670. The van der Waals surface area contributed by atoms with Crippen molar-refractivity contribution in [2.75, 3.05) is 13.7 Å². The third kappa shape index (κ3) is 4.90. The Balaban J connectivity index is 2.85. The van der Waals surface area contributed by atoms with Gasteiger partial charge in [-0.05, 0) is 30.7 Å². The number of rotatable bonds is 6. The van der Waals surface area contributed by atoms with Crippen LogP contribution in [0.4, 0.5) is 0 Å². The second-order valence-electron chi connectivity index (χ2n) is 3.86. The summed E-state index contributed by atoms with van der Waals surface area (Å²) in [6, 6.07) is 7.00. The molecule has 1 N–H and O–H groups in total. The summed E-state index contributed by atoms with van der Waals surface area (Å²) in [5, 5.41) is 3.44. The monoisotopic (exact) mass is 293 g/mol. The van der Waals surface area contributed by atoms with Crippen molar-refractivity contribution in [2.24, 2.45) is 0 Å². The lowest BCUT2D eigenvalue weighted by Gasteiger charge is -2.02. The van der Waals surface area contributed by atoms with Gasteiger partial charge in [-0.3, -0.25) is 4.79 Å². The maximum absolute atomic E-state index is 12.0. The molecule has 0 aliphatic heterocycles. The van der Waals surface area contributed by atoms with Gasteiger partial charge in [-0.15, -0.1) is 0 Å². The molecule has 0 amide bonds. The molecule has 20 heavy (non-hydrogen) atoms. The molecular formula is C15H16ClNO3. The van der Waals surface area contributed by atoms with E-state index in [1.807, 2.05) is 6.92 Å². The molecule has 0 fully saturated rings. The van der Waals surface area contributed by atoms with Crippen LogP contribution in [-0.2, 0) is 14.3 Å². The van der Waals surface area contributed by atoms with Gasteiger partial charge < -0.3 is 10.1 Å². The molecule has 4 nitrogen and oxygen atoms in total. The van der Waals surface area contributed by atoms with Gasteiger partial charge >= 0.3 is 5.97 Å². The van der Waals surface area contributed by atoms with Crippen molar-refractivity contribution in [2.45, 2.75) is 6.92 Å². The Kier molecular flexibility index (Phi) is 6.53. The van der Waals surface area contributed by atoms with E-state index >= 15 is 0 Å². The normalized spacial score (nSPS) is 11.4. The van der Waals surface area contributed by atoms with Gasteiger partial charge in [0, 0.05) is 17.8 Å². The van der Waals surface area contributed by atoms with Crippen molar-refractivity contribution in [3.63, 3.8) is 0 Å². The Labute approximate surface area is 123 Å². The fourth-order valence-corrected chi connectivity index (χ4v) is 1.51. The summed E-state index contributed by atoms with van der Waals surface area (Å²) in [5.41, 5.74) is 0.773. The Morgan fingerprint density at radius 2 is 1.95 bits per heavy atom. The van der Waals surface area contributed by atoms with Crippen molar-refractivity contribution >= 4 is 29.4 Å². The summed E-state index contributed by atoms with van der Waals surface area (Å²) in [4.78, 5) is 23.5. The predicted molar refractivity (Wildman–Crippen MR) is 79.3 cm³/mol. The topological polar surface area (TPSA) is 55.4 Å². The van der Waals surface area contributed by atoms with Crippen molar-refractivity contribution in [3.05, 3.63) is 52.7 Å². The van der Waals surface area contributed by atoms with Crippen molar-refractivity contribution in [1.29, 1.82) is 0 Å². The van der Waals surface area contributed by atoms with Gasteiger partial charge in [0.15, 0.2) is 5.78 Å². The third-order valence-electron chi connectivity index (χ3n) is 2.42. The molecule has 0 saturated carbocycles. The molecule has 0 atom stereocenters. The van der Waals surface area contributed by atoms with Crippen LogP contribution in [0.25, 0.3) is 6.08 Å². The van der Waals surface area contributed by atoms with Gasteiger partial charge in [-0.25, -0.2) is 4.79 Å². The van der Waals surface area contributed by atoms with Crippen LogP contribution >= 0.6 is 11.6 Å². The molecule has 0 saturated heterocycles. The fourth-order valence-electron chi connectivity index (χ4n) is 1.38. The van der Waals surface area contributed by atoms with E-state index in [9.17, 15) is 9.59 Å². The molecular weight excluding hydrogens is 278 g/mol. The van der Waals surface area contributed by atoms with E-state index in [1.54, 1.807) is 30.3 Å². The number of carbonyl (C=O) groups is 2. The Hall–Kier alpha value is -2.07. The highest BCUT2D eigenvalue weighted by Gasteiger charge is 2.16. The number of esters is 1. The molecule has 0 heterocycles. The molecule has 0 unspecified atom stereocenters. The van der Waals surface area contributed by atoms with Crippen molar-refractivity contribution in [1.82, 2.24) is 5.32 Å². The number of ketones is 1. The standard InChI is InChI=1S/C15H16ClNO3/c1-3-17-10-13(15(19)20-2)14(18)9-6-11-4-7-12(16)8-5-11/h4-10,17H,3H2,1-2H3. The van der Waals surface area contributed by atoms with E-state index in [0.717, 1.165) is 5.56 Å². The molecule has 1 aromatic carbocycles. The van der Waals surface area contributed by atoms with Gasteiger partial charge in [0.1, 0.15) is 5.57 Å². The second kappa shape index (κ2) is 8.17. The predicted octanol–water partition coefficient (Wildman–Crippen LogP) is 2.59. The van der Waals surface area contributed by atoms with Crippen LogP contribution in [0.15, 0.2) is 42.1 Å². The van der Waals surface area contributed by atoms with Gasteiger partial charge in [-0.1, -0.05) is 29.8 Å². The molecule has 1 aromatic rings. The average molecular weight is 294 g/mol. The first-order valence-corrected chi connectivity index (χ1v) is 6.46. The highest BCUT2D eigenvalue weighted by molar-refractivity contribution is 6.30. The zero-order chi connectivity index (χ0) is 15.0. The van der Waals surface area contributed by atoms with Crippen LogP contribution in [0.2, 0.25) is 5.02 Å². The third-order valence-corrected chi connectivity index (χ3v) is 2.67. The quantitative estimate of drug-likeness (QED) is 0.379. The number of benzene rings is 1. The molecule has 0 spiro atoms. The van der Waals surface area contributed by atoms with Crippen LogP contribution in [0.5, 0.6) is 0 Å². The number of allylic oxidation sites excluding steroid dienone is 1. The average Bonchev–Trinajstić information content (AvgIpc) is 2.46. The first-order chi connectivity index (χ1) is 9.58. The van der Waals surface area contributed by atoms with E-state index in [-0.39, 0.29) is 5.57 Å². The fraction of sp³-hybridized carbons (Fsp3) is 0.200. The largest absolute Gasteiger partial charge is 0.465 e. The van der Waals surface area contributed by atoms with Gasteiger partial charge in [-0.2, -0.15) is 0 Å². The first-order valence-electron chi connectivity index (χ1n) is 6.08. The van der Waals surface area contributed by atoms with Crippen molar-refractivity contribution in [3.8, 4) is 0 Å². The highest BCUT2D eigenvalue weighted by Crippen LogP contribution is 2.11. The first kappa shape index (κ1) is 16.0. The SMILES string of the molecule is CCNC=C(C(=O)C=Cc1ccc(Cl)cc1)C(=O)OC. The summed E-state index contributed by atoms with van der Waals surface area (Å²) in [5.74, 6) is -1.09. The molecule has 1 rings (SSSR count). The van der Waals surface area contributed by atoms with Gasteiger partial charge in [0.2, 0.25) is 0 Å². The number of hydrogen-bond donors (Lipinski definition) is 1. The number of hydrogen-bond acceptors (Lipinski definition) is 4. The van der Waals surface area contributed by atoms with E-state index < -0.39 is 11.8 Å². The summed E-state index contributed by atoms with van der Waals surface area (Å²) in [6.07, 6.45) is 4.30. The Morgan fingerprint density at radius 1 is 1.30 bits per heavy atom. The molecule has 0 aromatic heterocycles. The number of methoxy groups -OCH3 is 1. The van der Waals surface area contributed by atoms with Gasteiger partial charge in [0.25, 0.3) is 0 Å². The molecule has 0 aliphatic carbocycles. The maximum Gasteiger partial charge on any atom is 0.343 e. The lowest BCUT2D eigenvalue weighted by atomic mass is 10.1.